The van der Waals surface area contributed by atoms with E-state index in [0.29, 0.717) is 0 Å². The number of carboxylic acid groups (broad SMARTS) is 1. The number of carbonyl (C=O) groups is 2. The molecule has 4 nitrogen and oxygen atoms in total. The molecular weight excluding hydrogens is 550 g/mol. The minimum absolute atomic E-state index is 0.646. The van der Waals surface area contributed by atoms with Crippen LogP contribution in [0.1, 0.15) is 0 Å². The van der Waals surface area contributed by atoms with E-state index in [2.05, 4.69) is 4.74 Å². The largest absolute Gasteiger partial charge is 0.477 e. The molecule has 0 aromatic rings. The van der Waals surface area contributed by atoms with Crippen LogP contribution in [0.5, 0.6) is 0 Å². The van der Waals surface area contributed by atoms with Gasteiger partial charge in [-0.05, 0) is 0 Å². The van der Waals surface area contributed by atoms with Gasteiger partial charge >= 0.3 is 59.5 Å². The van der Waals surface area contributed by atoms with Crippen LogP contribution in [-0.2, 0) is 14.3 Å². The Morgan fingerprint density at radius 1 is 0.559 bits per heavy atom. The Labute approximate surface area is 172 Å². The van der Waals surface area contributed by atoms with E-state index >= 15 is 0 Å². The average Bonchev–Trinajstić information content (AvgIpc) is 2.64. The molecule has 202 valence electrons. The summed E-state index contributed by atoms with van der Waals surface area (Å²) in [6.07, 6.45) is -14.9. The number of aliphatic carboxylic acids is 1. The second-order valence-electron chi connectivity index (χ2n) is 5.96. The molecule has 0 fully saturated rings. The number of carbonyl (C=O) groups excluding carboxylic acids is 1. The van der Waals surface area contributed by atoms with Gasteiger partial charge in [0.2, 0.25) is 0 Å². The normalized spacial score (nSPS) is 17.4. The highest BCUT2D eigenvalue weighted by molar-refractivity contribution is 6.00. The third kappa shape index (κ3) is 3.71. The van der Waals surface area contributed by atoms with Crippen LogP contribution in [0.2, 0.25) is 0 Å². The summed E-state index contributed by atoms with van der Waals surface area (Å²) in [4.78, 5) is 21.1. The van der Waals surface area contributed by atoms with Gasteiger partial charge in [-0.3, -0.25) is 4.79 Å². The Bertz CT molecular complexity index is 814. The standard InChI is InChI=1S/C12H4F18O4/c1-34-12(29,30)10(24,25)9(22,23)8(20,21)7(18,19)5(14,15)2(31)4(13,11(26,27)28)6(16,17)3(32)33/h1H3,(H,32,33). The first-order valence-electron chi connectivity index (χ1n) is 7.15. The summed E-state index contributed by atoms with van der Waals surface area (Å²) in [5.74, 6) is -60.5. The van der Waals surface area contributed by atoms with E-state index < -0.39 is 72.4 Å². The number of ketones is 1. The van der Waals surface area contributed by atoms with Crippen molar-refractivity contribution in [1.82, 2.24) is 0 Å². The summed E-state index contributed by atoms with van der Waals surface area (Å²) in [6, 6.07) is 0. The van der Waals surface area contributed by atoms with E-state index in [0.717, 1.165) is 0 Å². The van der Waals surface area contributed by atoms with Crippen molar-refractivity contribution < 1.29 is 98.5 Å². The van der Waals surface area contributed by atoms with E-state index in [1.54, 1.807) is 0 Å². The monoisotopic (exact) mass is 554 g/mol. The summed E-state index contributed by atoms with van der Waals surface area (Å²) in [5, 5.41) is 7.83. The number of rotatable bonds is 10. The zero-order valence-corrected chi connectivity index (χ0v) is 15.0. The number of ether oxygens (including phenoxy) is 1. The van der Waals surface area contributed by atoms with E-state index in [9.17, 15) is 88.6 Å². The van der Waals surface area contributed by atoms with Gasteiger partial charge in [0.15, 0.2) is 0 Å². The quantitative estimate of drug-likeness (QED) is 0.388. The third-order valence-corrected chi connectivity index (χ3v) is 3.89. The summed E-state index contributed by atoms with van der Waals surface area (Å²) < 4.78 is 239. The highest BCUT2D eigenvalue weighted by atomic mass is 19.4. The van der Waals surface area contributed by atoms with Crippen LogP contribution in [-0.4, -0.2) is 77.5 Å². The molecule has 0 aliphatic rings. The summed E-state index contributed by atoms with van der Waals surface area (Å²) in [5.41, 5.74) is -8.08. The molecule has 0 saturated carbocycles. The van der Waals surface area contributed by atoms with Crippen LogP contribution in [0, 0.1) is 0 Å². The molecule has 0 amide bonds. The first-order chi connectivity index (χ1) is 14.4. The summed E-state index contributed by atoms with van der Waals surface area (Å²) in [6.45, 7) is 0. The average molecular weight is 554 g/mol. The topological polar surface area (TPSA) is 63.6 Å². The number of hydrogen-bond acceptors (Lipinski definition) is 3. The van der Waals surface area contributed by atoms with Gasteiger partial charge in [-0.25, -0.2) is 9.18 Å². The lowest BCUT2D eigenvalue weighted by Gasteiger charge is -2.41. The molecule has 0 aliphatic carbocycles. The maximum atomic E-state index is 13.8. The number of carboxylic acids is 1. The minimum Gasteiger partial charge on any atom is -0.477 e. The molecule has 1 unspecified atom stereocenters. The molecule has 0 heterocycles. The van der Waals surface area contributed by atoms with E-state index in [1.807, 2.05) is 0 Å². The van der Waals surface area contributed by atoms with Crippen molar-refractivity contribution in [2.24, 2.45) is 0 Å². The van der Waals surface area contributed by atoms with Gasteiger partial charge < -0.3 is 9.84 Å². The van der Waals surface area contributed by atoms with Crippen molar-refractivity contribution in [2.45, 2.75) is 53.5 Å². The first kappa shape index (κ1) is 31.8. The Hall–Kier alpha value is -2.16. The number of halogens is 18. The minimum atomic E-state index is -8.80. The molecule has 0 saturated heterocycles. The predicted octanol–water partition coefficient (Wildman–Crippen LogP) is 4.96. The van der Waals surface area contributed by atoms with E-state index in [-0.39, 0.29) is 0 Å². The molecule has 22 heteroatoms. The Morgan fingerprint density at radius 2 is 0.882 bits per heavy atom. The Balaban J connectivity index is 7.17. The molecular formula is C12H4F18O4. The van der Waals surface area contributed by atoms with Crippen molar-refractivity contribution in [1.29, 1.82) is 0 Å². The SMILES string of the molecule is COC(F)(F)C(F)(F)C(F)(F)C(F)(F)C(F)(F)C(F)(F)C(=O)C(F)(C(F)(F)F)C(F)(F)C(=O)O. The van der Waals surface area contributed by atoms with Crippen molar-refractivity contribution in [3.63, 3.8) is 0 Å². The fourth-order valence-electron chi connectivity index (χ4n) is 1.86. The fraction of sp³-hybridized carbons (Fsp3) is 0.833. The second-order valence-corrected chi connectivity index (χ2v) is 5.96. The van der Waals surface area contributed by atoms with Gasteiger partial charge in [0, 0.05) is 7.11 Å². The maximum Gasteiger partial charge on any atom is 0.436 e. The molecule has 0 rings (SSSR count). The Kier molecular flexibility index (Phi) is 7.43. The van der Waals surface area contributed by atoms with Crippen LogP contribution in [0.15, 0.2) is 0 Å². The van der Waals surface area contributed by atoms with Gasteiger partial charge in [-0.2, -0.15) is 74.6 Å². The highest BCUT2D eigenvalue weighted by Crippen LogP contribution is 2.61. The number of alkyl halides is 18. The summed E-state index contributed by atoms with van der Waals surface area (Å²) >= 11 is 0. The van der Waals surface area contributed by atoms with Crippen LogP contribution in [0.4, 0.5) is 79.0 Å². The summed E-state index contributed by atoms with van der Waals surface area (Å²) in [7, 11) is -0.646. The number of Topliss-reactive ketones (excluding diaryl/α,β-unsaturated/α-hetero) is 1. The molecule has 0 bridgehead atoms. The van der Waals surface area contributed by atoms with Gasteiger partial charge in [0.05, 0.1) is 0 Å². The van der Waals surface area contributed by atoms with Gasteiger partial charge in [0.25, 0.3) is 5.78 Å². The van der Waals surface area contributed by atoms with Gasteiger partial charge in [-0.1, -0.05) is 0 Å². The maximum absolute atomic E-state index is 13.8. The molecule has 0 radical (unpaired) electrons. The first-order valence-corrected chi connectivity index (χ1v) is 7.15. The smallest absolute Gasteiger partial charge is 0.436 e. The molecule has 34 heavy (non-hydrogen) atoms. The van der Waals surface area contributed by atoms with E-state index in [4.69, 9.17) is 5.11 Å². The zero-order valence-electron chi connectivity index (χ0n) is 15.0. The fourth-order valence-corrected chi connectivity index (χ4v) is 1.86. The second kappa shape index (κ2) is 7.93. The molecule has 0 aromatic heterocycles. The van der Waals surface area contributed by atoms with Crippen molar-refractivity contribution in [3.8, 4) is 0 Å². The van der Waals surface area contributed by atoms with Crippen molar-refractivity contribution in [3.05, 3.63) is 0 Å². The molecule has 1 N–H and O–H groups in total. The molecule has 0 spiro atoms. The molecule has 0 aromatic carbocycles. The van der Waals surface area contributed by atoms with Gasteiger partial charge in [-0.15, -0.1) is 0 Å². The van der Waals surface area contributed by atoms with Gasteiger partial charge in [0.1, 0.15) is 0 Å². The zero-order chi connectivity index (χ0) is 28.4. The highest BCUT2D eigenvalue weighted by Gasteiger charge is 2.94. The lowest BCUT2D eigenvalue weighted by molar-refractivity contribution is -0.452. The van der Waals surface area contributed by atoms with Crippen LogP contribution < -0.4 is 0 Å². The van der Waals surface area contributed by atoms with Crippen LogP contribution >= 0.6 is 0 Å². The lowest BCUT2D eigenvalue weighted by atomic mass is 9.83. The number of hydrogen-bond donors (Lipinski definition) is 1. The third-order valence-electron chi connectivity index (χ3n) is 3.89. The molecule has 1 atom stereocenters. The van der Waals surface area contributed by atoms with Crippen LogP contribution in [0.25, 0.3) is 0 Å². The Morgan fingerprint density at radius 3 is 1.15 bits per heavy atom. The van der Waals surface area contributed by atoms with Crippen molar-refractivity contribution in [2.75, 3.05) is 7.11 Å². The van der Waals surface area contributed by atoms with Crippen molar-refractivity contribution >= 4 is 11.8 Å². The molecule has 0 aliphatic heterocycles. The van der Waals surface area contributed by atoms with Crippen LogP contribution in [0.3, 0.4) is 0 Å². The number of methoxy groups -OCH3 is 1. The lowest BCUT2D eigenvalue weighted by Crippen LogP contribution is -2.75. The van der Waals surface area contributed by atoms with E-state index in [1.165, 1.54) is 0 Å². The predicted molar refractivity (Wildman–Crippen MR) is 64.2 cm³/mol.